The lowest BCUT2D eigenvalue weighted by molar-refractivity contribution is 0.0949. The molecule has 0 aliphatic heterocycles. The van der Waals surface area contributed by atoms with Crippen molar-refractivity contribution < 1.29 is 4.74 Å². The van der Waals surface area contributed by atoms with Crippen LogP contribution in [0.4, 0.5) is 0 Å². The Bertz CT molecular complexity index is 374. The quantitative estimate of drug-likeness (QED) is 0.891. The number of pyridine rings is 1. The lowest BCUT2D eigenvalue weighted by Gasteiger charge is -2.34. The molecule has 0 bridgehead atoms. The summed E-state index contributed by atoms with van der Waals surface area (Å²) in [5.74, 6) is 0.726. The van der Waals surface area contributed by atoms with E-state index in [-0.39, 0.29) is 6.04 Å². The van der Waals surface area contributed by atoms with Crippen molar-refractivity contribution >= 4 is 0 Å². The van der Waals surface area contributed by atoms with Gasteiger partial charge in [0.25, 0.3) is 0 Å². The first-order chi connectivity index (χ1) is 8.46. The van der Waals surface area contributed by atoms with E-state index in [0.717, 1.165) is 24.3 Å². The largest absolute Gasteiger partial charge is 0.474 e. The molecule has 3 heteroatoms. The summed E-state index contributed by atoms with van der Waals surface area (Å²) in [5, 5.41) is 0. The number of hydrogen-bond donors (Lipinski definition) is 1. The van der Waals surface area contributed by atoms with Crippen molar-refractivity contribution in [2.24, 2.45) is 11.1 Å². The van der Waals surface area contributed by atoms with Crippen LogP contribution in [-0.4, -0.2) is 11.1 Å². The van der Waals surface area contributed by atoms with Crippen LogP contribution >= 0.6 is 0 Å². The monoisotopic (exact) mass is 248 g/mol. The molecule has 2 rings (SSSR count). The minimum Gasteiger partial charge on any atom is -0.474 e. The Hall–Kier alpha value is -1.09. The lowest BCUT2D eigenvalue weighted by atomic mass is 9.76. The van der Waals surface area contributed by atoms with Crippen LogP contribution in [0.2, 0.25) is 0 Å². The smallest absolute Gasteiger partial charge is 0.213 e. The number of nitrogens with zero attached hydrogens (tertiary/aromatic N) is 1. The topological polar surface area (TPSA) is 48.1 Å². The number of nitrogens with two attached hydrogens (primary N) is 1. The van der Waals surface area contributed by atoms with Gasteiger partial charge in [0.2, 0.25) is 5.88 Å². The molecule has 2 N–H and O–H groups in total. The maximum absolute atomic E-state index is 5.93. The molecular weight excluding hydrogens is 224 g/mol. The number of ether oxygens (including phenoxy) is 1. The second-order valence-corrected chi connectivity index (χ2v) is 6.20. The number of aromatic nitrogens is 1. The summed E-state index contributed by atoms with van der Waals surface area (Å²) < 4.78 is 5.93. The first kappa shape index (κ1) is 13.3. The van der Waals surface area contributed by atoms with Crippen molar-refractivity contribution in [2.75, 3.05) is 0 Å². The third-order valence-corrected chi connectivity index (χ3v) is 3.86. The molecule has 0 aromatic carbocycles. The highest BCUT2D eigenvalue weighted by Gasteiger charge is 2.27. The van der Waals surface area contributed by atoms with Crippen molar-refractivity contribution in [1.29, 1.82) is 0 Å². The van der Waals surface area contributed by atoms with Gasteiger partial charge in [0.1, 0.15) is 6.10 Å². The lowest BCUT2D eigenvalue weighted by Crippen LogP contribution is -2.28. The Kier molecular flexibility index (Phi) is 3.91. The maximum atomic E-state index is 5.93. The first-order valence-corrected chi connectivity index (χ1v) is 6.84. The van der Waals surface area contributed by atoms with Crippen LogP contribution in [0.3, 0.4) is 0 Å². The third kappa shape index (κ3) is 3.45. The molecule has 1 heterocycles. The van der Waals surface area contributed by atoms with Gasteiger partial charge in [-0.25, -0.2) is 4.98 Å². The highest BCUT2D eigenvalue weighted by Crippen LogP contribution is 2.36. The molecule has 0 saturated heterocycles. The first-order valence-electron chi connectivity index (χ1n) is 6.84. The molecule has 1 aliphatic rings. The third-order valence-electron chi connectivity index (χ3n) is 3.86. The highest BCUT2D eigenvalue weighted by atomic mass is 16.5. The molecule has 1 aliphatic carbocycles. The van der Waals surface area contributed by atoms with Crippen LogP contribution < -0.4 is 10.5 Å². The summed E-state index contributed by atoms with van der Waals surface area (Å²) in [6.07, 6.45) is 6.86. The maximum Gasteiger partial charge on any atom is 0.213 e. The van der Waals surface area contributed by atoms with Crippen molar-refractivity contribution in [3.05, 3.63) is 23.9 Å². The van der Waals surface area contributed by atoms with E-state index in [1.54, 1.807) is 0 Å². The molecule has 100 valence electrons. The summed E-state index contributed by atoms with van der Waals surface area (Å²) in [6.45, 7) is 6.62. The highest BCUT2D eigenvalue weighted by molar-refractivity contribution is 5.20. The summed E-state index contributed by atoms with van der Waals surface area (Å²) in [6, 6.07) is 3.96. The predicted molar refractivity (Wildman–Crippen MR) is 73.5 cm³/mol. The van der Waals surface area contributed by atoms with Crippen molar-refractivity contribution in [3.8, 4) is 5.88 Å². The fourth-order valence-corrected chi connectivity index (χ4v) is 2.39. The van der Waals surface area contributed by atoms with E-state index in [2.05, 4.69) is 18.8 Å². The zero-order valence-electron chi connectivity index (χ0n) is 11.6. The summed E-state index contributed by atoms with van der Waals surface area (Å²) in [7, 11) is 0. The van der Waals surface area contributed by atoms with Crippen LogP contribution in [-0.2, 0) is 0 Å². The number of rotatable bonds is 3. The Balaban J connectivity index is 1.90. The minimum atomic E-state index is 0.0297. The van der Waals surface area contributed by atoms with Gasteiger partial charge in [-0.05, 0) is 43.6 Å². The molecular formula is C15H24N2O. The van der Waals surface area contributed by atoms with Gasteiger partial charge in [-0.15, -0.1) is 0 Å². The molecule has 1 aromatic rings. The van der Waals surface area contributed by atoms with Crippen LogP contribution in [0.25, 0.3) is 0 Å². The fourth-order valence-electron chi connectivity index (χ4n) is 2.39. The van der Waals surface area contributed by atoms with Crippen LogP contribution in [0.1, 0.15) is 58.1 Å². The molecule has 1 saturated carbocycles. The Morgan fingerprint density at radius 2 is 2.00 bits per heavy atom. The fraction of sp³-hybridized carbons (Fsp3) is 0.667. The van der Waals surface area contributed by atoms with Crippen molar-refractivity contribution in [3.63, 3.8) is 0 Å². The van der Waals surface area contributed by atoms with Gasteiger partial charge >= 0.3 is 0 Å². The van der Waals surface area contributed by atoms with Gasteiger partial charge in [-0.1, -0.05) is 19.9 Å². The molecule has 18 heavy (non-hydrogen) atoms. The van der Waals surface area contributed by atoms with E-state index < -0.39 is 0 Å². The average Bonchev–Trinajstić information content (AvgIpc) is 2.33. The van der Waals surface area contributed by atoms with E-state index in [0.29, 0.717) is 11.5 Å². The van der Waals surface area contributed by atoms with Gasteiger partial charge in [0.05, 0.1) is 0 Å². The van der Waals surface area contributed by atoms with E-state index in [4.69, 9.17) is 10.5 Å². The average molecular weight is 248 g/mol. The zero-order chi connectivity index (χ0) is 13.2. The summed E-state index contributed by atoms with van der Waals surface area (Å²) >= 11 is 0. The Morgan fingerprint density at radius 3 is 2.50 bits per heavy atom. The number of hydrogen-bond acceptors (Lipinski definition) is 3. The second-order valence-electron chi connectivity index (χ2n) is 6.20. The van der Waals surface area contributed by atoms with Crippen LogP contribution in [0.15, 0.2) is 18.3 Å². The second kappa shape index (κ2) is 5.27. The molecule has 1 atom stereocenters. The molecule has 0 radical (unpaired) electrons. The van der Waals surface area contributed by atoms with Gasteiger partial charge in [0.15, 0.2) is 0 Å². The van der Waals surface area contributed by atoms with Gasteiger partial charge in [-0.3, -0.25) is 0 Å². The van der Waals surface area contributed by atoms with Crippen LogP contribution in [0, 0.1) is 5.41 Å². The summed E-state index contributed by atoms with van der Waals surface area (Å²) in [4.78, 5) is 4.33. The molecule has 1 fully saturated rings. The van der Waals surface area contributed by atoms with Gasteiger partial charge in [0, 0.05) is 18.3 Å². The Labute approximate surface area is 110 Å². The normalized spacial score (nSPS) is 21.6. The van der Waals surface area contributed by atoms with Crippen LogP contribution in [0.5, 0.6) is 5.88 Å². The zero-order valence-corrected chi connectivity index (χ0v) is 11.6. The standard InChI is InChI=1S/C15H24N2O/c1-11(16)12-4-5-14(17-10-12)18-13-6-8-15(2,3)9-7-13/h4-5,10-11,13H,6-9,16H2,1-3H3/t11-/m1/s1. The van der Waals surface area contributed by atoms with Crippen molar-refractivity contribution in [1.82, 2.24) is 4.98 Å². The predicted octanol–water partition coefficient (Wildman–Crippen LogP) is 3.45. The Morgan fingerprint density at radius 1 is 1.33 bits per heavy atom. The molecule has 0 amide bonds. The SMILES string of the molecule is C[C@@H](N)c1ccc(OC2CCC(C)(C)CC2)nc1. The van der Waals surface area contributed by atoms with Crippen molar-refractivity contribution in [2.45, 2.75) is 58.6 Å². The van der Waals surface area contributed by atoms with E-state index in [1.165, 1.54) is 12.8 Å². The minimum absolute atomic E-state index is 0.0297. The van der Waals surface area contributed by atoms with E-state index >= 15 is 0 Å². The molecule has 0 spiro atoms. The molecule has 0 unspecified atom stereocenters. The van der Waals surface area contributed by atoms with E-state index in [1.807, 2.05) is 25.3 Å². The summed E-state index contributed by atoms with van der Waals surface area (Å²) in [5.41, 5.74) is 7.32. The molecule has 3 nitrogen and oxygen atoms in total. The molecule has 1 aromatic heterocycles. The van der Waals surface area contributed by atoms with Gasteiger partial charge < -0.3 is 10.5 Å². The van der Waals surface area contributed by atoms with E-state index in [9.17, 15) is 0 Å². The van der Waals surface area contributed by atoms with Gasteiger partial charge in [-0.2, -0.15) is 0 Å².